The SMILES string of the molecule is Cc1ccc2[nH]cc(CCC(=O)Nc3ccc(OCC(=O)O)c(Cl)c3)c2c1. The Labute approximate surface area is 161 Å². The summed E-state index contributed by atoms with van der Waals surface area (Å²) in [5.74, 6) is -0.963. The number of aliphatic carboxylic acids is 1. The number of aromatic amines is 1. The third kappa shape index (κ3) is 4.80. The molecule has 6 nitrogen and oxygen atoms in total. The molecule has 2 aromatic carbocycles. The smallest absolute Gasteiger partial charge is 0.341 e. The number of rotatable bonds is 7. The van der Waals surface area contributed by atoms with Crippen molar-refractivity contribution in [2.75, 3.05) is 11.9 Å². The lowest BCUT2D eigenvalue weighted by atomic mass is 10.1. The second-order valence-electron chi connectivity index (χ2n) is 6.24. The number of carbonyl (C=O) groups is 2. The third-order valence-electron chi connectivity index (χ3n) is 4.11. The number of nitrogens with one attached hydrogen (secondary N) is 2. The predicted molar refractivity (Wildman–Crippen MR) is 105 cm³/mol. The molecule has 0 spiro atoms. The molecule has 0 unspecified atom stereocenters. The van der Waals surface area contributed by atoms with E-state index in [1.54, 1.807) is 6.07 Å². The number of H-pyrrole nitrogens is 1. The molecule has 0 saturated heterocycles. The van der Waals surface area contributed by atoms with Gasteiger partial charge in [0.15, 0.2) is 6.61 Å². The van der Waals surface area contributed by atoms with Crippen LogP contribution in [0.25, 0.3) is 10.9 Å². The van der Waals surface area contributed by atoms with Crippen LogP contribution in [0.5, 0.6) is 5.75 Å². The van der Waals surface area contributed by atoms with E-state index < -0.39 is 12.6 Å². The van der Waals surface area contributed by atoms with Gasteiger partial charge in [0.1, 0.15) is 5.75 Å². The second kappa shape index (κ2) is 8.14. The van der Waals surface area contributed by atoms with Gasteiger partial charge in [-0.25, -0.2) is 4.79 Å². The zero-order valence-electron chi connectivity index (χ0n) is 14.7. The fourth-order valence-corrected chi connectivity index (χ4v) is 3.04. The van der Waals surface area contributed by atoms with Crippen LogP contribution in [0.4, 0.5) is 5.69 Å². The molecule has 3 aromatic rings. The molecule has 3 N–H and O–H groups in total. The van der Waals surface area contributed by atoms with E-state index in [4.69, 9.17) is 21.4 Å². The van der Waals surface area contributed by atoms with E-state index >= 15 is 0 Å². The number of benzene rings is 2. The molecule has 140 valence electrons. The van der Waals surface area contributed by atoms with E-state index in [0.717, 1.165) is 16.5 Å². The molecule has 0 bridgehead atoms. The molecule has 0 saturated carbocycles. The van der Waals surface area contributed by atoms with Crippen molar-refractivity contribution < 1.29 is 19.4 Å². The average Bonchev–Trinajstić information content (AvgIpc) is 3.01. The normalized spacial score (nSPS) is 10.7. The Balaban J connectivity index is 1.59. The highest BCUT2D eigenvalue weighted by atomic mass is 35.5. The summed E-state index contributed by atoms with van der Waals surface area (Å²) >= 11 is 6.06. The van der Waals surface area contributed by atoms with Crippen molar-refractivity contribution in [3.05, 3.63) is 58.7 Å². The summed E-state index contributed by atoms with van der Waals surface area (Å²) in [6, 6.07) is 10.9. The number of halogens is 1. The van der Waals surface area contributed by atoms with Gasteiger partial charge in [0.2, 0.25) is 5.91 Å². The number of aromatic nitrogens is 1. The molecular weight excluding hydrogens is 368 g/mol. The largest absolute Gasteiger partial charge is 0.480 e. The molecule has 0 fully saturated rings. The monoisotopic (exact) mass is 386 g/mol. The molecule has 1 aromatic heterocycles. The Bertz CT molecular complexity index is 997. The van der Waals surface area contributed by atoms with Crippen LogP contribution >= 0.6 is 11.6 Å². The van der Waals surface area contributed by atoms with Crippen molar-refractivity contribution in [3.63, 3.8) is 0 Å². The molecule has 0 aliphatic carbocycles. The van der Waals surface area contributed by atoms with Crippen molar-refractivity contribution >= 4 is 40.1 Å². The first-order valence-corrected chi connectivity index (χ1v) is 8.81. The van der Waals surface area contributed by atoms with E-state index in [-0.39, 0.29) is 16.7 Å². The van der Waals surface area contributed by atoms with Gasteiger partial charge in [-0.15, -0.1) is 0 Å². The van der Waals surface area contributed by atoms with Gasteiger partial charge in [-0.05, 0) is 49.2 Å². The maximum atomic E-state index is 12.2. The number of anilines is 1. The topological polar surface area (TPSA) is 91.4 Å². The maximum Gasteiger partial charge on any atom is 0.341 e. The van der Waals surface area contributed by atoms with Crippen LogP contribution in [0.1, 0.15) is 17.5 Å². The van der Waals surface area contributed by atoms with Crippen LogP contribution in [0, 0.1) is 6.92 Å². The summed E-state index contributed by atoms with van der Waals surface area (Å²) in [6.45, 7) is 1.56. The van der Waals surface area contributed by atoms with Gasteiger partial charge in [-0.2, -0.15) is 0 Å². The second-order valence-corrected chi connectivity index (χ2v) is 6.65. The highest BCUT2D eigenvalue weighted by molar-refractivity contribution is 6.32. The first-order chi connectivity index (χ1) is 12.9. The van der Waals surface area contributed by atoms with Crippen molar-refractivity contribution in [1.29, 1.82) is 0 Å². The van der Waals surface area contributed by atoms with Crippen molar-refractivity contribution in [2.45, 2.75) is 19.8 Å². The summed E-state index contributed by atoms with van der Waals surface area (Å²) in [6.07, 6.45) is 2.88. The fraction of sp³-hybridized carbons (Fsp3) is 0.200. The molecule has 1 amide bonds. The molecule has 7 heteroatoms. The lowest BCUT2D eigenvalue weighted by Gasteiger charge is -2.09. The first-order valence-electron chi connectivity index (χ1n) is 8.43. The summed E-state index contributed by atoms with van der Waals surface area (Å²) < 4.78 is 5.06. The number of carboxylic acid groups (broad SMARTS) is 1. The number of aryl methyl sites for hydroxylation is 2. The van der Waals surface area contributed by atoms with Crippen LogP contribution in [0.2, 0.25) is 5.02 Å². The van der Waals surface area contributed by atoms with Gasteiger partial charge in [0, 0.05) is 29.2 Å². The Hall–Kier alpha value is -2.99. The minimum atomic E-state index is -1.09. The van der Waals surface area contributed by atoms with Crippen molar-refractivity contribution in [2.24, 2.45) is 0 Å². The van der Waals surface area contributed by atoms with Crippen LogP contribution in [0.15, 0.2) is 42.6 Å². The van der Waals surface area contributed by atoms with E-state index in [2.05, 4.69) is 16.4 Å². The molecule has 0 aliphatic heterocycles. The number of hydrogen-bond acceptors (Lipinski definition) is 3. The summed E-state index contributed by atoms with van der Waals surface area (Å²) in [5.41, 5.74) is 3.86. The lowest BCUT2D eigenvalue weighted by Crippen LogP contribution is -2.13. The van der Waals surface area contributed by atoms with Gasteiger partial charge in [0.25, 0.3) is 0 Å². The molecule has 3 rings (SSSR count). The van der Waals surface area contributed by atoms with Gasteiger partial charge >= 0.3 is 5.97 Å². The highest BCUT2D eigenvalue weighted by Gasteiger charge is 2.10. The molecular formula is C20H19ClN2O4. The van der Waals surface area contributed by atoms with E-state index in [0.29, 0.717) is 18.5 Å². The number of carbonyl (C=O) groups excluding carboxylic acids is 1. The average molecular weight is 387 g/mol. The molecule has 0 aliphatic rings. The van der Waals surface area contributed by atoms with E-state index in [1.807, 2.05) is 25.3 Å². The number of hydrogen-bond donors (Lipinski definition) is 3. The molecule has 0 radical (unpaired) electrons. The van der Waals surface area contributed by atoms with E-state index in [1.165, 1.54) is 17.7 Å². The predicted octanol–water partition coefficient (Wildman–Crippen LogP) is 4.16. The maximum absolute atomic E-state index is 12.2. The lowest BCUT2D eigenvalue weighted by molar-refractivity contribution is -0.139. The number of ether oxygens (including phenoxy) is 1. The van der Waals surface area contributed by atoms with Crippen LogP contribution in [0.3, 0.4) is 0 Å². The van der Waals surface area contributed by atoms with Crippen LogP contribution < -0.4 is 10.1 Å². The van der Waals surface area contributed by atoms with Gasteiger partial charge in [-0.1, -0.05) is 23.2 Å². The highest BCUT2D eigenvalue weighted by Crippen LogP contribution is 2.28. The quantitative estimate of drug-likeness (QED) is 0.568. The zero-order chi connectivity index (χ0) is 19.4. The minimum Gasteiger partial charge on any atom is -0.480 e. The van der Waals surface area contributed by atoms with Gasteiger partial charge < -0.3 is 20.1 Å². The summed E-state index contributed by atoms with van der Waals surface area (Å²) in [4.78, 5) is 26.0. The number of fused-ring (bicyclic) bond motifs is 1. The minimum absolute atomic E-state index is 0.132. The zero-order valence-corrected chi connectivity index (χ0v) is 15.5. The standard InChI is InChI=1S/C20H19ClN2O4/c1-12-2-5-17-15(8-12)13(10-22-17)3-7-19(24)23-14-4-6-18(16(21)9-14)27-11-20(25)26/h2,4-6,8-10,22H,3,7,11H2,1H3,(H,23,24)(H,25,26). The Kier molecular flexibility index (Phi) is 5.66. The Morgan fingerprint density at radius 1 is 1.22 bits per heavy atom. The molecule has 27 heavy (non-hydrogen) atoms. The molecule has 0 atom stereocenters. The van der Waals surface area contributed by atoms with Crippen LogP contribution in [-0.4, -0.2) is 28.6 Å². The van der Waals surface area contributed by atoms with Crippen molar-refractivity contribution in [1.82, 2.24) is 4.98 Å². The number of carboxylic acids is 1. The number of amides is 1. The van der Waals surface area contributed by atoms with Gasteiger partial charge in [0.05, 0.1) is 5.02 Å². The van der Waals surface area contributed by atoms with Gasteiger partial charge in [-0.3, -0.25) is 4.79 Å². The first kappa shape index (κ1) is 18.8. The van der Waals surface area contributed by atoms with Crippen molar-refractivity contribution in [3.8, 4) is 5.75 Å². The van der Waals surface area contributed by atoms with E-state index in [9.17, 15) is 9.59 Å². The summed E-state index contributed by atoms with van der Waals surface area (Å²) in [5, 5.41) is 12.8. The van der Waals surface area contributed by atoms with Crippen LogP contribution in [-0.2, 0) is 16.0 Å². The Morgan fingerprint density at radius 2 is 2.04 bits per heavy atom. The Morgan fingerprint density at radius 3 is 2.78 bits per heavy atom. The molecule has 1 heterocycles. The third-order valence-corrected chi connectivity index (χ3v) is 4.41. The summed E-state index contributed by atoms with van der Waals surface area (Å²) in [7, 11) is 0. The fourth-order valence-electron chi connectivity index (χ4n) is 2.81.